The monoisotopic (exact) mass is 596 g/mol. The van der Waals surface area contributed by atoms with Crippen molar-refractivity contribution < 1.29 is 28.3 Å². The Morgan fingerprint density at radius 2 is 1.56 bits per heavy atom. The molecule has 0 spiro atoms. The van der Waals surface area contributed by atoms with Crippen LogP contribution in [-0.2, 0) is 32.1 Å². The molecule has 9 nitrogen and oxygen atoms in total. The minimum absolute atomic E-state index is 0.00203. The van der Waals surface area contributed by atoms with Gasteiger partial charge < -0.3 is 25.6 Å². The lowest BCUT2D eigenvalue weighted by molar-refractivity contribution is -0.138. The van der Waals surface area contributed by atoms with Crippen molar-refractivity contribution in [1.29, 1.82) is 0 Å². The topological polar surface area (TPSA) is 117 Å². The second-order valence-electron chi connectivity index (χ2n) is 12.5. The van der Waals surface area contributed by atoms with Gasteiger partial charge in [0, 0.05) is 37.5 Å². The molecule has 0 saturated carbocycles. The summed E-state index contributed by atoms with van der Waals surface area (Å²) in [4.78, 5) is 54.0. The van der Waals surface area contributed by atoms with Crippen LogP contribution in [-0.4, -0.2) is 59.5 Å². The van der Waals surface area contributed by atoms with E-state index >= 15 is 0 Å². The maximum Gasteiger partial charge on any atom is 0.408 e. The first kappa shape index (κ1) is 33.6. The lowest BCUT2D eigenvalue weighted by Gasteiger charge is -2.35. The first-order chi connectivity index (χ1) is 20.3. The first-order valence-electron chi connectivity index (χ1n) is 15.0. The SMILES string of the molecule is CC(C)C[C@H](NC(=O)OC(C)(C)C)C(=O)N1CCC(C(=O)N[C@@H](Cc2ccccc2)C(=O)NCc2ccccc2F)CC1. The highest BCUT2D eigenvalue weighted by Crippen LogP contribution is 2.20. The van der Waals surface area contributed by atoms with Gasteiger partial charge in [-0.15, -0.1) is 0 Å². The van der Waals surface area contributed by atoms with Gasteiger partial charge in [-0.3, -0.25) is 14.4 Å². The number of carbonyl (C=O) groups excluding carboxylic acids is 4. The van der Waals surface area contributed by atoms with E-state index in [1.807, 2.05) is 44.2 Å². The predicted octanol–water partition coefficient (Wildman–Crippen LogP) is 4.35. The van der Waals surface area contributed by atoms with Gasteiger partial charge in [0.25, 0.3) is 0 Å². The molecule has 0 bridgehead atoms. The molecular formula is C33H45FN4O5. The molecule has 1 aliphatic heterocycles. The van der Waals surface area contributed by atoms with Crippen LogP contribution >= 0.6 is 0 Å². The van der Waals surface area contributed by atoms with Crippen molar-refractivity contribution in [2.75, 3.05) is 13.1 Å². The zero-order valence-electron chi connectivity index (χ0n) is 25.8. The van der Waals surface area contributed by atoms with E-state index in [9.17, 15) is 23.6 Å². The first-order valence-corrected chi connectivity index (χ1v) is 15.0. The van der Waals surface area contributed by atoms with Gasteiger partial charge in [-0.05, 0) is 57.6 Å². The standard InChI is InChI=1S/C33H45FN4O5/c1-22(2)19-28(37-32(42)43-33(3,4)5)31(41)38-17-15-24(16-18-38)29(39)36-27(20-23-11-7-6-8-12-23)30(40)35-21-25-13-9-10-14-26(25)34/h6-14,22,24,27-28H,15-21H2,1-5H3,(H,35,40)(H,36,39)(H,37,42)/t27-,28-/m0/s1. The van der Waals surface area contributed by atoms with Gasteiger partial charge in [0.05, 0.1) is 0 Å². The molecule has 1 fully saturated rings. The summed E-state index contributed by atoms with van der Waals surface area (Å²) in [7, 11) is 0. The predicted molar refractivity (Wildman–Crippen MR) is 162 cm³/mol. The number of ether oxygens (including phenoxy) is 1. The van der Waals surface area contributed by atoms with Gasteiger partial charge in [0.1, 0.15) is 23.5 Å². The Labute approximate surface area is 253 Å². The molecule has 2 aromatic rings. The molecule has 3 N–H and O–H groups in total. The molecule has 0 aromatic heterocycles. The number of amides is 4. The second kappa shape index (κ2) is 15.5. The zero-order chi connectivity index (χ0) is 31.6. The molecule has 234 valence electrons. The summed E-state index contributed by atoms with van der Waals surface area (Å²) in [6.07, 6.45) is 0.946. The van der Waals surface area contributed by atoms with Crippen LogP contribution in [0.5, 0.6) is 0 Å². The van der Waals surface area contributed by atoms with Gasteiger partial charge >= 0.3 is 6.09 Å². The van der Waals surface area contributed by atoms with Crippen molar-refractivity contribution in [3.63, 3.8) is 0 Å². The molecule has 0 unspecified atom stereocenters. The summed E-state index contributed by atoms with van der Waals surface area (Å²) in [6.45, 7) is 9.95. The maximum absolute atomic E-state index is 14.1. The largest absolute Gasteiger partial charge is 0.444 e. The van der Waals surface area contributed by atoms with E-state index in [1.54, 1.807) is 43.9 Å². The number of nitrogens with zero attached hydrogens (tertiary/aromatic N) is 1. The molecule has 43 heavy (non-hydrogen) atoms. The van der Waals surface area contributed by atoms with Crippen molar-refractivity contribution >= 4 is 23.8 Å². The minimum atomic E-state index is -0.852. The van der Waals surface area contributed by atoms with Crippen molar-refractivity contribution in [2.24, 2.45) is 11.8 Å². The van der Waals surface area contributed by atoms with Gasteiger partial charge in [-0.2, -0.15) is 0 Å². The third-order valence-corrected chi connectivity index (χ3v) is 7.20. The van der Waals surface area contributed by atoms with Gasteiger partial charge in [0.15, 0.2) is 0 Å². The molecule has 3 rings (SSSR count). The average Bonchev–Trinajstić information content (AvgIpc) is 2.95. The number of nitrogens with one attached hydrogen (secondary N) is 3. The smallest absolute Gasteiger partial charge is 0.408 e. The normalized spacial score (nSPS) is 15.4. The molecule has 0 radical (unpaired) electrons. The van der Waals surface area contributed by atoms with E-state index in [4.69, 9.17) is 4.74 Å². The van der Waals surface area contributed by atoms with E-state index in [2.05, 4.69) is 16.0 Å². The Morgan fingerprint density at radius 3 is 2.16 bits per heavy atom. The van der Waals surface area contributed by atoms with Gasteiger partial charge in [-0.1, -0.05) is 62.4 Å². The van der Waals surface area contributed by atoms with Crippen molar-refractivity contribution in [2.45, 2.75) is 84.5 Å². The van der Waals surface area contributed by atoms with Crippen molar-refractivity contribution in [3.8, 4) is 0 Å². The van der Waals surface area contributed by atoms with Gasteiger partial charge in [-0.25, -0.2) is 9.18 Å². The summed E-state index contributed by atoms with van der Waals surface area (Å²) in [5, 5.41) is 8.39. The molecule has 10 heteroatoms. The van der Waals surface area contributed by atoms with Crippen LogP contribution in [0.1, 0.15) is 65.0 Å². The number of hydrogen-bond acceptors (Lipinski definition) is 5. The number of piperidine rings is 1. The quantitative estimate of drug-likeness (QED) is 0.357. The van der Waals surface area contributed by atoms with Crippen molar-refractivity contribution in [1.82, 2.24) is 20.9 Å². The lowest BCUT2D eigenvalue weighted by Crippen LogP contribution is -2.54. The molecular weight excluding hydrogens is 551 g/mol. The Balaban J connectivity index is 1.61. The number of carbonyl (C=O) groups is 4. The fourth-order valence-corrected chi connectivity index (χ4v) is 5.02. The van der Waals surface area contributed by atoms with Crippen LogP contribution in [0.2, 0.25) is 0 Å². The third-order valence-electron chi connectivity index (χ3n) is 7.20. The minimum Gasteiger partial charge on any atom is -0.444 e. The Bertz CT molecular complexity index is 1240. The molecule has 2 atom stereocenters. The van der Waals surface area contributed by atoms with Gasteiger partial charge in [0.2, 0.25) is 17.7 Å². The molecule has 0 aliphatic carbocycles. The van der Waals surface area contributed by atoms with Crippen LogP contribution in [0.3, 0.4) is 0 Å². The summed E-state index contributed by atoms with van der Waals surface area (Å²) in [5.41, 5.74) is 0.548. The van der Waals surface area contributed by atoms with E-state index in [0.29, 0.717) is 37.9 Å². The Hall–Kier alpha value is -3.95. The third kappa shape index (κ3) is 11.0. The molecule has 1 aliphatic rings. The van der Waals surface area contributed by atoms with Crippen LogP contribution < -0.4 is 16.0 Å². The Morgan fingerprint density at radius 1 is 0.930 bits per heavy atom. The number of halogens is 1. The summed E-state index contributed by atoms with van der Waals surface area (Å²) in [5.74, 6) is -1.50. The summed E-state index contributed by atoms with van der Waals surface area (Å²) >= 11 is 0. The highest BCUT2D eigenvalue weighted by Gasteiger charge is 2.34. The number of rotatable bonds is 11. The van der Waals surface area contributed by atoms with Crippen LogP contribution in [0, 0.1) is 17.7 Å². The maximum atomic E-state index is 14.1. The van der Waals surface area contributed by atoms with E-state index < -0.39 is 35.5 Å². The molecule has 2 aromatic carbocycles. The van der Waals surface area contributed by atoms with Crippen LogP contribution in [0.4, 0.5) is 9.18 Å². The average molecular weight is 597 g/mol. The second-order valence-corrected chi connectivity index (χ2v) is 12.5. The lowest BCUT2D eigenvalue weighted by atomic mass is 9.93. The van der Waals surface area contributed by atoms with Crippen molar-refractivity contribution in [3.05, 3.63) is 71.5 Å². The number of alkyl carbamates (subject to hydrolysis) is 1. The van der Waals surface area contributed by atoms with E-state index in [-0.39, 0.29) is 36.6 Å². The highest BCUT2D eigenvalue weighted by molar-refractivity contribution is 5.89. The molecule has 1 saturated heterocycles. The van der Waals surface area contributed by atoms with E-state index in [0.717, 1.165) is 5.56 Å². The fourth-order valence-electron chi connectivity index (χ4n) is 5.02. The summed E-state index contributed by atoms with van der Waals surface area (Å²) in [6, 6.07) is 14.0. The van der Waals surface area contributed by atoms with Crippen LogP contribution in [0.25, 0.3) is 0 Å². The number of likely N-dealkylation sites (tertiary alicyclic amines) is 1. The Kier molecular flexibility index (Phi) is 12.1. The summed E-state index contributed by atoms with van der Waals surface area (Å²) < 4.78 is 19.5. The fraction of sp³-hybridized carbons (Fsp3) is 0.515. The molecule has 4 amide bonds. The number of benzene rings is 2. The highest BCUT2D eigenvalue weighted by atomic mass is 19.1. The molecule has 1 heterocycles. The number of hydrogen-bond donors (Lipinski definition) is 3. The van der Waals surface area contributed by atoms with Crippen LogP contribution in [0.15, 0.2) is 54.6 Å². The van der Waals surface area contributed by atoms with E-state index in [1.165, 1.54) is 6.07 Å². The zero-order valence-corrected chi connectivity index (χ0v) is 25.8.